The topological polar surface area (TPSA) is 21.1 Å². The molecule has 0 N–H and O–H groups in total. The second-order valence-corrected chi connectivity index (χ2v) is 5.81. The van der Waals surface area contributed by atoms with Crippen molar-refractivity contribution in [3.63, 3.8) is 0 Å². The third-order valence-corrected chi connectivity index (χ3v) is 4.60. The molecule has 0 amide bonds. The van der Waals surface area contributed by atoms with Crippen molar-refractivity contribution in [2.24, 2.45) is 7.05 Å². The molecule has 20 heavy (non-hydrogen) atoms. The van der Waals surface area contributed by atoms with E-state index in [1.165, 1.54) is 48.3 Å². The van der Waals surface area contributed by atoms with Crippen LogP contribution in [0.4, 0.5) is 0 Å². The van der Waals surface area contributed by atoms with Crippen LogP contribution in [-0.4, -0.2) is 27.8 Å². The van der Waals surface area contributed by atoms with Crippen molar-refractivity contribution in [3.8, 4) is 11.1 Å². The standard InChI is InChI=1S/C17H23N3/c1-13(20-9-4-5-10-20)15-7-6-8-16(11-15)17-12-18-19(3)14(17)2/h6-8,11-13H,4-5,9-10H2,1-3H3. The fourth-order valence-electron chi connectivity index (χ4n) is 3.09. The maximum atomic E-state index is 4.35. The zero-order valence-corrected chi connectivity index (χ0v) is 12.6. The van der Waals surface area contributed by atoms with Crippen LogP contribution in [0.5, 0.6) is 0 Å². The van der Waals surface area contributed by atoms with Crippen molar-refractivity contribution >= 4 is 0 Å². The predicted octanol–water partition coefficient (Wildman–Crippen LogP) is 3.55. The molecule has 2 heterocycles. The largest absolute Gasteiger partial charge is 0.297 e. The molecule has 1 aliphatic heterocycles. The van der Waals surface area contributed by atoms with Gasteiger partial charge >= 0.3 is 0 Å². The van der Waals surface area contributed by atoms with E-state index in [0.29, 0.717) is 6.04 Å². The van der Waals surface area contributed by atoms with Gasteiger partial charge in [0.25, 0.3) is 0 Å². The van der Waals surface area contributed by atoms with E-state index in [1.807, 2.05) is 17.9 Å². The lowest BCUT2D eigenvalue weighted by molar-refractivity contribution is 0.263. The molecule has 1 aliphatic rings. The summed E-state index contributed by atoms with van der Waals surface area (Å²) >= 11 is 0. The zero-order chi connectivity index (χ0) is 14.1. The minimum absolute atomic E-state index is 0.509. The van der Waals surface area contributed by atoms with Crippen LogP contribution < -0.4 is 0 Å². The third kappa shape index (κ3) is 2.38. The number of rotatable bonds is 3. The van der Waals surface area contributed by atoms with E-state index in [9.17, 15) is 0 Å². The molecule has 3 nitrogen and oxygen atoms in total. The summed E-state index contributed by atoms with van der Waals surface area (Å²) in [5.74, 6) is 0. The molecule has 1 aromatic heterocycles. The van der Waals surface area contributed by atoms with Crippen LogP contribution in [-0.2, 0) is 7.05 Å². The number of nitrogens with zero attached hydrogens (tertiary/aromatic N) is 3. The number of hydrogen-bond acceptors (Lipinski definition) is 2. The van der Waals surface area contributed by atoms with Gasteiger partial charge in [-0.05, 0) is 57.0 Å². The second kappa shape index (κ2) is 5.41. The quantitative estimate of drug-likeness (QED) is 0.849. The molecular weight excluding hydrogens is 246 g/mol. The van der Waals surface area contributed by atoms with E-state index in [0.717, 1.165) is 0 Å². The molecule has 1 atom stereocenters. The maximum absolute atomic E-state index is 4.35. The van der Waals surface area contributed by atoms with Gasteiger partial charge in [0.1, 0.15) is 0 Å². The van der Waals surface area contributed by atoms with E-state index in [4.69, 9.17) is 0 Å². The van der Waals surface area contributed by atoms with Gasteiger partial charge < -0.3 is 0 Å². The van der Waals surface area contributed by atoms with Gasteiger partial charge in [-0.25, -0.2) is 0 Å². The molecule has 1 fully saturated rings. The number of aromatic nitrogens is 2. The van der Waals surface area contributed by atoms with Gasteiger partial charge in [0, 0.05) is 24.3 Å². The Hall–Kier alpha value is -1.61. The minimum Gasteiger partial charge on any atom is -0.297 e. The molecule has 1 aromatic carbocycles. The van der Waals surface area contributed by atoms with Crippen molar-refractivity contribution in [3.05, 3.63) is 41.7 Å². The lowest BCUT2D eigenvalue weighted by atomic mass is 10.00. The first kappa shape index (κ1) is 13.4. The van der Waals surface area contributed by atoms with Crippen molar-refractivity contribution in [2.45, 2.75) is 32.7 Å². The lowest BCUT2D eigenvalue weighted by Gasteiger charge is -2.24. The Balaban J connectivity index is 1.91. The van der Waals surface area contributed by atoms with Gasteiger partial charge in [-0.15, -0.1) is 0 Å². The first-order chi connectivity index (χ1) is 9.66. The molecule has 0 spiro atoms. The van der Waals surface area contributed by atoms with Crippen molar-refractivity contribution < 1.29 is 0 Å². The number of hydrogen-bond donors (Lipinski definition) is 0. The molecule has 0 saturated carbocycles. The van der Waals surface area contributed by atoms with Crippen molar-refractivity contribution in [2.75, 3.05) is 13.1 Å². The Bertz CT molecular complexity index is 594. The van der Waals surface area contributed by atoms with Crippen LogP contribution >= 0.6 is 0 Å². The number of aryl methyl sites for hydroxylation is 1. The smallest absolute Gasteiger partial charge is 0.0571 e. The molecule has 1 saturated heterocycles. The molecule has 0 radical (unpaired) electrons. The Labute approximate surface area is 121 Å². The average molecular weight is 269 g/mol. The summed E-state index contributed by atoms with van der Waals surface area (Å²) in [4.78, 5) is 2.58. The highest BCUT2D eigenvalue weighted by Gasteiger charge is 2.19. The molecular formula is C17H23N3. The van der Waals surface area contributed by atoms with Crippen LogP contribution in [0.2, 0.25) is 0 Å². The predicted molar refractivity (Wildman–Crippen MR) is 82.6 cm³/mol. The van der Waals surface area contributed by atoms with Gasteiger partial charge in [0.15, 0.2) is 0 Å². The highest BCUT2D eigenvalue weighted by Crippen LogP contribution is 2.29. The molecule has 0 aliphatic carbocycles. The minimum atomic E-state index is 0.509. The monoisotopic (exact) mass is 269 g/mol. The summed E-state index contributed by atoms with van der Waals surface area (Å²) in [5, 5.41) is 4.35. The average Bonchev–Trinajstić information content (AvgIpc) is 3.10. The number of benzene rings is 1. The molecule has 2 aromatic rings. The van der Waals surface area contributed by atoms with E-state index < -0.39 is 0 Å². The van der Waals surface area contributed by atoms with Gasteiger partial charge in [0.05, 0.1) is 6.20 Å². The third-order valence-electron chi connectivity index (χ3n) is 4.60. The van der Waals surface area contributed by atoms with Crippen LogP contribution in [0.1, 0.15) is 37.1 Å². The first-order valence-corrected chi connectivity index (χ1v) is 7.50. The van der Waals surface area contributed by atoms with Crippen LogP contribution in [0.25, 0.3) is 11.1 Å². The van der Waals surface area contributed by atoms with E-state index in [1.54, 1.807) is 0 Å². The molecule has 3 rings (SSSR count). The summed E-state index contributed by atoms with van der Waals surface area (Å²) in [7, 11) is 2.00. The molecule has 106 valence electrons. The van der Waals surface area contributed by atoms with Crippen molar-refractivity contribution in [1.29, 1.82) is 0 Å². The summed E-state index contributed by atoms with van der Waals surface area (Å²) < 4.78 is 1.94. The van der Waals surface area contributed by atoms with Crippen LogP contribution in [0.3, 0.4) is 0 Å². The van der Waals surface area contributed by atoms with E-state index >= 15 is 0 Å². The first-order valence-electron chi connectivity index (χ1n) is 7.50. The van der Waals surface area contributed by atoms with E-state index in [-0.39, 0.29) is 0 Å². The lowest BCUT2D eigenvalue weighted by Crippen LogP contribution is -2.23. The van der Waals surface area contributed by atoms with Gasteiger partial charge in [-0.2, -0.15) is 5.10 Å². The second-order valence-electron chi connectivity index (χ2n) is 5.81. The van der Waals surface area contributed by atoms with E-state index in [2.05, 4.69) is 48.1 Å². The normalized spacial score (nSPS) is 17.6. The Kier molecular flexibility index (Phi) is 3.62. The number of likely N-dealkylation sites (tertiary alicyclic amines) is 1. The SMILES string of the molecule is Cc1c(-c2cccc(C(C)N3CCCC3)c2)cnn1C. The highest BCUT2D eigenvalue weighted by molar-refractivity contribution is 5.66. The summed E-state index contributed by atoms with van der Waals surface area (Å²) in [6.45, 7) is 6.91. The maximum Gasteiger partial charge on any atom is 0.0571 e. The fraction of sp³-hybridized carbons (Fsp3) is 0.471. The molecule has 1 unspecified atom stereocenters. The Morgan fingerprint density at radius 2 is 1.95 bits per heavy atom. The van der Waals surface area contributed by atoms with Gasteiger partial charge in [-0.3, -0.25) is 9.58 Å². The van der Waals surface area contributed by atoms with Gasteiger partial charge in [-0.1, -0.05) is 18.2 Å². The van der Waals surface area contributed by atoms with Crippen molar-refractivity contribution in [1.82, 2.24) is 14.7 Å². The fourth-order valence-corrected chi connectivity index (χ4v) is 3.09. The van der Waals surface area contributed by atoms with Crippen LogP contribution in [0.15, 0.2) is 30.5 Å². The molecule has 0 bridgehead atoms. The Morgan fingerprint density at radius 1 is 1.20 bits per heavy atom. The van der Waals surface area contributed by atoms with Gasteiger partial charge in [0.2, 0.25) is 0 Å². The van der Waals surface area contributed by atoms with Crippen LogP contribution in [0, 0.1) is 6.92 Å². The highest BCUT2D eigenvalue weighted by atomic mass is 15.3. The summed E-state index contributed by atoms with van der Waals surface area (Å²) in [5.41, 5.74) is 5.14. The zero-order valence-electron chi connectivity index (χ0n) is 12.6. The summed E-state index contributed by atoms with van der Waals surface area (Å²) in [6, 6.07) is 9.44. The Morgan fingerprint density at radius 3 is 2.60 bits per heavy atom. The molecule has 3 heteroatoms. The summed E-state index contributed by atoms with van der Waals surface area (Å²) in [6.07, 6.45) is 4.65.